The van der Waals surface area contributed by atoms with Crippen molar-refractivity contribution in [3.8, 4) is 0 Å². The quantitative estimate of drug-likeness (QED) is 0.462. The molecule has 0 heterocycles. The van der Waals surface area contributed by atoms with Gasteiger partial charge in [0, 0.05) is 12.2 Å². The zero-order valence-corrected chi connectivity index (χ0v) is 11.6. The van der Waals surface area contributed by atoms with E-state index in [-0.39, 0.29) is 5.75 Å². The maximum atomic E-state index is 10.5. The zero-order valence-electron chi connectivity index (χ0n) is 10.7. The van der Waals surface area contributed by atoms with Crippen molar-refractivity contribution in [1.29, 1.82) is 0 Å². The van der Waals surface area contributed by atoms with Crippen LogP contribution in [-0.2, 0) is 10.1 Å². The molecule has 0 aliphatic rings. The minimum atomic E-state index is -4.04. The molecule has 0 aromatic carbocycles. The fraction of sp³-hybridized carbons (Fsp3) is 1.00. The first kappa shape index (κ1) is 15.9. The molecule has 0 amide bonds. The van der Waals surface area contributed by atoms with Gasteiger partial charge in [0.2, 0.25) is 0 Å². The van der Waals surface area contributed by atoms with Crippen molar-refractivity contribution < 1.29 is 17.5 Å². The highest BCUT2D eigenvalue weighted by Crippen LogP contribution is 2.11. The van der Waals surface area contributed by atoms with Crippen LogP contribution in [0.25, 0.3) is 0 Å². The average molecular weight is 251 g/mol. The van der Waals surface area contributed by atoms with Crippen LogP contribution in [0.5, 0.6) is 0 Å². The largest absolute Gasteiger partial charge is 0.748 e. The molecule has 5 heteroatoms. The Morgan fingerprint density at radius 1 is 1.00 bits per heavy atom. The van der Waals surface area contributed by atoms with Crippen LogP contribution in [0.15, 0.2) is 0 Å². The maximum absolute atomic E-state index is 10.5. The highest BCUT2D eigenvalue weighted by Gasteiger charge is 2.21. The van der Waals surface area contributed by atoms with Crippen LogP contribution in [-0.4, -0.2) is 49.4 Å². The Morgan fingerprint density at radius 2 is 1.50 bits per heavy atom. The summed E-state index contributed by atoms with van der Waals surface area (Å²) in [6, 6.07) is 0. The predicted molar refractivity (Wildman–Crippen MR) is 65.2 cm³/mol. The lowest BCUT2D eigenvalue weighted by molar-refractivity contribution is -0.925. The van der Waals surface area contributed by atoms with Crippen molar-refractivity contribution in [2.45, 2.75) is 40.0 Å². The molecule has 0 fully saturated rings. The van der Waals surface area contributed by atoms with Crippen LogP contribution in [0.2, 0.25) is 0 Å². The van der Waals surface area contributed by atoms with Crippen molar-refractivity contribution in [3.63, 3.8) is 0 Å². The van der Waals surface area contributed by atoms with E-state index in [2.05, 4.69) is 20.8 Å². The SMILES string of the molecule is CCCC[N+](CC)(CC)CCCS(=O)(=O)[O-]. The van der Waals surface area contributed by atoms with E-state index in [9.17, 15) is 13.0 Å². The van der Waals surface area contributed by atoms with Gasteiger partial charge in [-0.25, -0.2) is 8.42 Å². The van der Waals surface area contributed by atoms with Crippen LogP contribution >= 0.6 is 0 Å². The molecule has 0 aliphatic carbocycles. The Hall–Kier alpha value is -0.130. The molecule has 4 nitrogen and oxygen atoms in total. The van der Waals surface area contributed by atoms with Gasteiger partial charge >= 0.3 is 0 Å². The first-order valence-electron chi connectivity index (χ1n) is 6.17. The van der Waals surface area contributed by atoms with E-state index in [0.717, 1.165) is 43.5 Å². The number of unbranched alkanes of at least 4 members (excludes halogenated alkanes) is 1. The Labute approximate surface area is 100.0 Å². The van der Waals surface area contributed by atoms with Crippen molar-refractivity contribution in [2.75, 3.05) is 31.9 Å². The second-order valence-electron chi connectivity index (χ2n) is 4.39. The smallest absolute Gasteiger partial charge is 0.0948 e. The first-order valence-corrected chi connectivity index (χ1v) is 7.75. The number of hydrogen-bond acceptors (Lipinski definition) is 3. The van der Waals surface area contributed by atoms with Gasteiger partial charge in [0.1, 0.15) is 0 Å². The van der Waals surface area contributed by atoms with E-state index in [1.54, 1.807) is 0 Å². The number of nitrogens with zero attached hydrogens (tertiary/aromatic N) is 1. The second-order valence-corrected chi connectivity index (χ2v) is 5.91. The van der Waals surface area contributed by atoms with Gasteiger partial charge in [0.15, 0.2) is 0 Å². The Bertz CT molecular complexity index is 271. The topological polar surface area (TPSA) is 57.2 Å². The number of hydrogen-bond donors (Lipinski definition) is 0. The molecule has 0 aromatic rings. The summed E-state index contributed by atoms with van der Waals surface area (Å²) < 4.78 is 32.6. The molecule has 16 heavy (non-hydrogen) atoms. The minimum Gasteiger partial charge on any atom is -0.748 e. The summed E-state index contributed by atoms with van der Waals surface area (Å²) in [7, 11) is -4.04. The Morgan fingerprint density at radius 3 is 1.88 bits per heavy atom. The van der Waals surface area contributed by atoms with Crippen molar-refractivity contribution >= 4 is 10.1 Å². The van der Waals surface area contributed by atoms with Gasteiger partial charge in [-0.1, -0.05) is 13.3 Å². The van der Waals surface area contributed by atoms with Crippen molar-refractivity contribution in [1.82, 2.24) is 0 Å². The first-order chi connectivity index (χ1) is 7.39. The van der Waals surface area contributed by atoms with Gasteiger partial charge in [0.25, 0.3) is 0 Å². The Kier molecular flexibility index (Phi) is 7.19. The van der Waals surface area contributed by atoms with Crippen LogP contribution in [0, 0.1) is 0 Å². The monoisotopic (exact) mass is 251 g/mol. The van der Waals surface area contributed by atoms with E-state index in [4.69, 9.17) is 0 Å². The van der Waals surface area contributed by atoms with Crippen molar-refractivity contribution in [3.05, 3.63) is 0 Å². The molecule has 0 aromatic heterocycles. The van der Waals surface area contributed by atoms with Gasteiger partial charge in [-0.15, -0.1) is 0 Å². The molecule has 0 rings (SSSR count). The summed E-state index contributed by atoms with van der Waals surface area (Å²) in [6.45, 7) is 10.3. The summed E-state index contributed by atoms with van der Waals surface area (Å²) in [6.07, 6.45) is 2.79. The molecule has 0 unspecified atom stereocenters. The average Bonchev–Trinajstić information content (AvgIpc) is 2.22. The molecular weight excluding hydrogens is 226 g/mol. The van der Waals surface area contributed by atoms with E-state index < -0.39 is 10.1 Å². The molecular formula is C11H25NO3S. The molecule has 0 spiro atoms. The number of rotatable bonds is 9. The van der Waals surface area contributed by atoms with Crippen molar-refractivity contribution in [2.24, 2.45) is 0 Å². The van der Waals surface area contributed by atoms with E-state index in [1.165, 1.54) is 0 Å². The van der Waals surface area contributed by atoms with E-state index in [1.807, 2.05) is 0 Å². The van der Waals surface area contributed by atoms with Crippen LogP contribution in [0.1, 0.15) is 40.0 Å². The summed E-state index contributed by atoms with van der Waals surface area (Å²) >= 11 is 0. The summed E-state index contributed by atoms with van der Waals surface area (Å²) in [4.78, 5) is 0. The third kappa shape index (κ3) is 6.45. The van der Waals surface area contributed by atoms with Crippen LogP contribution < -0.4 is 0 Å². The molecule has 0 saturated carbocycles. The van der Waals surface area contributed by atoms with Gasteiger partial charge in [-0.3, -0.25) is 0 Å². The fourth-order valence-electron chi connectivity index (χ4n) is 2.04. The highest BCUT2D eigenvalue weighted by atomic mass is 32.2. The predicted octanol–water partition coefficient (Wildman–Crippen LogP) is 1.58. The van der Waals surface area contributed by atoms with E-state index >= 15 is 0 Å². The molecule has 0 bridgehead atoms. The second kappa shape index (κ2) is 7.25. The lowest BCUT2D eigenvalue weighted by Gasteiger charge is -2.37. The van der Waals surface area contributed by atoms with Gasteiger partial charge in [-0.05, 0) is 20.3 Å². The third-order valence-electron chi connectivity index (χ3n) is 3.35. The van der Waals surface area contributed by atoms with Crippen LogP contribution in [0.4, 0.5) is 0 Å². The number of quaternary nitrogens is 1. The fourth-order valence-corrected chi connectivity index (χ4v) is 2.52. The maximum Gasteiger partial charge on any atom is 0.0948 e. The summed E-state index contributed by atoms with van der Waals surface area (Å²) in [5, 5.41) is 0. The standard InChI is InChI=1S/C11H25NO3S/c1-4-7-9-12(5-2,6-3)10-8-11-16(13,14)15/h4-11H2,1-3H3. The molecule has 0 N–H and O–H groups in total. The molecule has 0 aliphatic heterocycles. The van der Waals surface area contributed by atoms with Crippen LogP contribution in [0.3, 0.4) is 0 Å². The zero-order chi connectivity index (χ0) is 12.7. The third-order valence-corrected chi connectivity index (χ3v) is 4.14. The molecule has 0 radical (unpaired) electrons. The summed E-state index contributed by atoms with van der Waals surface area (Å²) in [5.41, 5.74) is 0. The Balaban J connectivity index is 4.21. The van der Waals surface area contributed by atoms with Gasteiger partial charge in [0.05, 0.1) is 36.3 Å². The molecule has 0 saturated heterocycles. The molecule has 98 valence electrons. The highest BCUT2D eigenvalue weighted by molar-refractivity contribution is 7.85. The van der Waals surface area contributed by atoms with Gasteiger partial charge in [-0.2, -0.15) is 0 Å². The summed E-state index contributed by atoms with van der Waals surface area (Å²) in [5.74, 6) is -0.223. The lowest BCUT2D eigenvalue weighted by Crippen LogP contribution is -2.49. The normalized spacial score (nSPS) is 13.0. The van der Waals surface area contributed by atoms with Gasteiger partial charge < -0.3 is 9.04 Å². The lowest BCUT2D eigenvalue weighted by atomic mass is 10.2. The molecule has 0 atom stereocenters. The minimum absolute atomic E-state index is 0.223. The van der Waals surface area contributed by atoms with E-state index in [0.29, 0.717) is 6.42 Å².